The highest BCUT2D eigenvalue weighted by Gasteiger charge is 2.35. The van der Waals surface area contributed by atoms with Crippen LogP contribution < -0.4 is 0 Å². The summed E-state index contributed by atoms with van der Waals surface area (Å²) >= 11 is 0. The van der Waals surface area contributed by atoms with Crippen molar-refractivity contribution in [2.75, 3.05) is 0 Å². The van der Waals surface area contributed by atoms with Crippen molar-refractivity contribution in [2.24, 2.45) is 5.92 Å². The number of hydrogen-bond acceptors (Lipinski definition) is 1. The minimum atomic E-state index is -0.554. The Hall–Kier alpha value is -4.15. The summed E-state index contributed by atoms with van der Waals surface area (Å²) < 4.78 is 2.31. The highest BCUT2D eigenvalue weighted by Crippen LogP contribution is 2.34. The van der Waals surface area contributed by atoms with Crippen molar-refractivity contribution in [1.29, 1.82) is 0 Å². The van der Waals surface area contributed by atoms with Crippen molar-refractivity contribution in [3.8, 4) is 0 Å². The average molecular weight is 523 g/mol. The Balaban J connectivity index is 0.000000202. The molecule has 4 aromatic carbocycles. The Bertz CT molecular complexity index is 1340. The summed E-state index contributed by atoms with van der Waals surface area (Å²) in [7, 11) is 5.12. The van der Waals surface area contributed by atoms with Gasteiger partial charge in [0.25, 0.3) is 0 Å². The second kappa shape index (κ2) is 14.1. The standard InChI is InChI=1S/C21H24N2Si.C14H11B/c1-3-18(2)16-24-21(23-15-14-22-17-23,19-10-6-4-7-11-19)20-12-8-5-9-13-20;15-11-14(12-7-3-1-4-8-12)13-9-5-2-6-10-13/h3-15,17-18H,1,16,24H2,2H3;1-11H. The van der Waals surface area contributed by atoms with E-state index in [1.54, 1.807) is 5.98 Å². The van der Waals surface area contributed by atoms with Gasteiger partial charge in [-0.15, -0.1) is 12.6 Å². The van der Waals surface area contributed by atoms with Gasteiger partial charge in [0, 0.05) is 12.4 Å². The van der Waals surface area contributed by atoms with E-state index in [0.29, 0.717) is 5.92 Å². The number of aromatic nitrogens is 2. The van der Waals surface area contributed by atoms with E-state index in [1.165, 1.54) is 17.2 Å². The zero-order valence-corrected chi connectivity index (χ0v) is 24.0. The second-order valence-electron chi connectivity index (χ2n) is 9.63. The van der Waals surface area contributed by atoms with Crippen LogP contribution in [0.5, 0.6) is 0 Å². The summed E-state index contributed by atoms with van der Waals surface area (Å²) in [6.45, 7) is 6.23. The number of hydrogen-bond donors (Lipinski definition) is 0. The molecule has 1 atom stereocenters. The Morgan fingerprint density at radius 3 is 1.67 bits per heavy atom. The molecule has 0 aliphatic rings. The van der Waals surface area contributed by atoms with Crippen LogP contribution in [0.1, 0.15) is 29.2 Å². The van der Waals surface area contributed by atoms with Crippen LogP contribution >= 0.6 is 0 Å². The van der Waals surface area contributed by atoms with Crippen molar-refractivity contribution in [3.05, 3.63) is 181 Å². The lowest BCUT2D eigenvalue weighted by molar-refractivity contribution is 0.585. The monoisotopic (exact) mass is 522 g/mol. The highest BCUT2D eigenvalue weighted by atomic mass is 28.2. The average Bonchev–Trinajstić information content (AvgIpc) is 3.56. The van der Waals surface area contributed by atoms with E-state index in [1.807, 2.05) is 48.9 Å². The molecule has 4 heteroatoms. The summed E-state index contributed by atoms with van der Waals surface area (Å²) in [5.41, 5.74) is 6.04. The normalized spacial score (nSPS) is 11.8. The molecular formula is C35H35BN2Si. The first kappa shape index (κ1) is 27.9. The molecule has 0 aliphatic heterocycles. The Morgan fingerprint density at radius 2 is 1.28 bits per heavy atom. The molecule has 1 aromatic heterocycles. The smallest absolute Gasteiger partial charge is 0.103 e. The van der Waals surface area contributed by atoms with Gasteiger partial charge in [-0.1, -0.05) is 140 Å². The minimum absolute atomic E-state index is 0.115. The summed E-state index contributed by atoms with van der Waals surface area (Å²) in [5, 5.41) is -0.115. The molecule has 0 fully saturated rings. The molecule has 0 saturated carbocycles. The van der Waals surface area contributed by atoms with Crippen LogP contribution in [0, 0.1) is 5.92 Å². The van der Waals surface area contributed by atoms with E-state index >= 15 is 0 Å². The fourth-order valence-electron chi connectivity index (χ4n) is 4.94. The molecule has 1 heterocycles. The van der Waals surface area contributed by atoms with Crippen LogP contribution in [0.3, 0.4) is 0 Å². The van der Waals surface area contributed by atoms with E-state index < -0.39 is 9.52 Å². The van der Waals surface area contributed by atoms with E-state index in [2.05, 4.69) is 120 Å². The molecule has 0 N–H and O–H groups in total. The van der Waals surface area contributed by atoms with Gasteiger partial charge in [-0.3, -0.25) is 0 Å². The van der Waals surface area contributed by atoms with Crippen LogP contribution in [0.25, 0.3) is 5.57 Å². The molecule has 5 rings (SSSR count). The lowest BCUT2D eigenvalue weighted by Crippen LogP contribution is -2.42. The third-order valence-corrected chi connectivity index (χ3v) is 10.3. The van der Waals surface area contributed by atoms with Gasteiger partial charge in [0.15, 0.2) is 0 Å². The molecule has 2 radical (unpaired) electrons. The van der Waals surface area contributed by atoms with Gasteiger partial charge >= 0.3 is 0 Å². The van der Waals surface area contributed by atoms with Gasteiger partial charge in [-0.2, -0.15) is 0 Å². The summed E-state index contributed by atoms with van der Waals surface area (Å²) in [6.07, 6.45) is 8.02. The van der Waals surface area contributed by atoms with E-state index in [-0.39, 0.29) is 5.16 Å². The van der Waals surface area contributed by atoms with Gasteiger partial charge in [0.2, 0.25) is 0 Å². The minimum Gasteiger partial charge on any atom is -0.327 e. The predicted octanol–water partition coefficient (Wildman–Crippen LogP) is 7.29. The lowest BCUT2D eigenvalue weighted by Gasteiger charge is -2.37. The first-order valence-corrected chi connectivity index (χ1v) is 15.1. The van der Waals surface area contributed by atoms with E-state index in [9.17, 15) is 0 Å². The highest BCUT2D eigenvalue weighted by molar-refractivity contribution is 6.41. The topological polar surface area (TPSA) is 17.8 Å². The molecule has 0 saturated heterocycles. The Kier molecular flexibility index (Phi) is 10.1. The van der Waals surface area contributed by atoms with Gasteiger partial charge < -0.3 is 4.57 Å². The molecule has 0 aliphatic carbocycles. The fourth-order valence-corrected chi connectivity index (χ4v) is 7.55. The molecule has 0 amide bonds. The maximum atomic E-state index is 5.67. The molecule has 0 spiro atoms. The Labute approximate surface area is 237 Å². The maximum Gasteiger partial charge on any atom is 0.103 e. The predicted molar refractivity (Wildman–Crippen MR) is 170 cm³/mol. The Morgan fingerprint density at radius 1 is 0.821 bits per heavy atom. The molecule has 1 unspecified atom stereocenters. The largest absolute Gasteiger partial charge is 0.327 e. The fraction of sp³-hybridized carbons (Fsp3) is 0.114. The van der Waals surface area contributed by atoms with Crippen molar-refractivity contribution >= 4 is 22.9 Å². The third-order valence-electron chi connectivity index (χ3n) is 7.15. The van der Waals surface area contributed by atoms with Crippen molar-refractivity contribution < 1.29 is 0 Å². The number of allylic oxidation sites excluding steroid dienone is 1. The van der Waals surface area contributed by atoms with Crippen LogP contribution in [0.15, 0.2) is 159 Å². The van der Waals surface area contributed by atoms with Crippen molar-refractivity contribution in [3.63, 3.8) is 0 Å². The number of imidazole rings is 1. The van der Waals surface area contributed by atoms with E-state index in [0.717, 1.165) is 16.7 Å². The van der Waals surface area contributed by atoms with Crippen molar-refractivity contribution in [1.82, 2.24) is 9.55 Å². The van der Waals surface area contributed by atoms with Crippen molar-refractivity contribution in [2.45, 2.75) is 18.1 Å². The summed E-state index contributed by atoms with van der Waals surface area (Å²) in [6, 6.07) is 43.2. The zero-order chi connectivity index (χ0) is 27.3. The second-order valence-corrected chi connectivity index (χ2v) is 11.7. The van der Waals surface area contributed by atoms with Crippen LogP contribution in [-0.2, 0) is 5.16 Å². The molecule has 192 valence electrons. The molecule has 39 heavy (non-hydrogen) atoms. The zero-order valence-electron chi connectivity index (χ0n) is 22.6. The van der Waals surface area contributed by atoms with E-state index in [4.69, 9.17) is 7.85 Å². The van der Waals surface area contributed by atoms with Gasteiger partial charge in [-0.25, -0.2) is 4.98 Å². The van der Waals surface area contributed by atoms with Gasteiger partial charge in [0.05, 0.1) is 21.0 Å². The third kappa shape index (κ3) is 6.84. The van der Waals surface area contributed by atoms with Gasteiger partial charge in [0.1, 0.15) is 7.85 Å². The number of benzene rings is 4. The van der Waals surface area contributed by atoms with Crippen LogP contribution in [-0.4, -0.2) is 26.9 Å². The van der Waals surface area contributed by atoms with Crippen LogP contribution in [0.4, 0.5) is 0 Å². The number of nitrogens with zero attached hydrogens (tertiary/aromatic N) is 2. The molecule has 0 bridgehead atoms. The first-order valence-electron chi connectivity index (χ1n) is 13.4. The SMILES string of the molecule is C=CC(C)C[SiH2]C(c1ccccc1)(c1ccccc1)n1ccnc1.[B]C=C(c1ccccc1)c1ccccc1. The molecule has 5 aromatic rings. The molecule has 2 nitrogen and oxygen atoms in total. The number of rotatable bonds is 9. The summed E-state index contributed by atoms with van der Waals surface area (Å²) in [5.74, 6) is 2.19. The molecular weight excluding hydrogens is 487 g/mol. The maximum absolute atomic E-state index is 5.67. The summed E-state index contributed by atoms with van der Waals surface area (Å²) in [4.78, 5) is 4.35. The lowest BCUT2D eigenvalue weighted by atomic mass is 9.92. The van der Waals surface area contributed by atoms with Crippen LogP contribution in [0.2, 0.25) is 6.04 Å². The quantitative estimate of drug-likeness (QED) is 0.147. The first-order chi connectivity index (χ1) is 19.2. The van der Waals surface area contributed by atoms with Gasteiger partial charge in [-0.05, 0) is 33.7 Å².